The SMILES string of the molecule is CCCCN1CC(=O)N(C)[C@@H](CC(C)C)C(=O)N[C@@H](COC(C)(C)C)C(=O)N(C)[C@@H](Cc2ccccc2)C(=O)N(C)[C@@H](CC(C)C)C(=O)N[C@H](C(=O)N2CCCCC2)CC(=O)N[C@H](C(C)C)C(=O)N(C)[C@@H](Cc2ccccc2)C(=O)N[C@@H](CCCC(O)C(F)(F)F)C(=O)N(C)[C@@H](CC(C)C)C(=O)N[C@@H]([C@@H](C)O)C1=O. The van der Waals surface area contributed by atoms with Gasteiger partial charge in [-0.15, -0.1) is 0 Å². The van der Waals surface area contributed by atoms with E-state index >= 15 is 38.4 Å². The van der Waals surface area contributed by atoms with Crippen molar-refractivity contribution in [2.45, 2.75) is 264 Å². The van der Waals surface area contributed by atoms with Crippen molar-refractivity contribution in [2.24, 2.45) is 23.7 Å². The van der Waals surface area contributed by atoms with Crippen molar-refractivity contribution in [1.29, 1.82) is 0 Å². The zero-order valence-corrected chi connectivity index (χ0v) is 67.4. The number of halogens is 3. The molecule has 0 aromatic heterocycles. The molecule has 2 aliphatic rings. The number of ether oxygens (including phenoxy) is 1. The monoisotopic (exact) mass is 1540 g/mol. The number of hydrogen-bond donors (Lipinski definition) is 7. The summed E-state index contributed by atoms with van der Waals surface area (Å²) in [5.74, 6) is -12.0. The van der Waals surface area contributed by atoms with Crippen molar-refractivity contribution >= 4 is 70.9 Å². The normalized spacial score (nSPS) is 24.5. The lowest BCUT2D eigenvalue weighted by atomic mass is 9.97. The molecule has 7 N–H and O–H groups in total. The molecule has 30 heteroatoms. The van der Waals surface area contributed by atoms with Crippen LogP contribution in [0, 0.1) is 23.7 Å². The first-order chi connectivity index (χ1) is 50.9. The quantitative estimate of drug-likeness (QED) is 0.0801. The number of rotatable bonds is 22. The van der Waals surface area contributed by atoms with Crippen LogP contribution in [0.5, 0.6) is 0 Å². The van der Waals surface area contributed by atoms with Crippen LogP contribution in [0.15, 0.2) is 60.7 Å². The molecule has 2 aromatic rings. The molecule has 2 fully saturated rings. The number of likely N-dealkylation sites (N-methyl/N-ethyl adjacent to an activating group) is 5. The Morgan fingerprint density at radius 1 is 0.532 bits per heavy atom. The molecular weight excluding hydrogens is 1410 g/mol. The summed E-state index contributed by atoms with van der Waals surface area (Å²) in [5, 5.41) is 35.3. The molecule has 0 aliphatic carbocycles. The van der Waals surface area contributed by atoms with Gasteiger partial charge in [0.15, 0.2) is 0 Å². The number of aliphatic hydroxyl groups is 2. The van der Waals surface area contributed by atoms with E-state index < -0.39 is 206 Å². The van der Waals surface area contributed by atoms with Crippen LogP contribution >= 0.6 is 0 Å². The van der Waals surface area contributed by atoms with E-state index in [0.29, 0.717) is 36.8 Å². The summed E-state index contributed by atoms with van der Waals surface area (Å²) in [6, 6.07) is 1.83. The van der Waals surface area contributed by atoms with Crippen molar-refractivity contribution in [3.8, 4) is 0 Å². The van der Waals surface area contributed by atoms with Gasteiger partial charge in [0.25, 0.3) is 0 Å². The summed E-state index contributed by atoms with van der Waals surface area (Å²) in [5.41, 5.74) is 0.201. The lowest BCUT2D eigenvalue weighted by molar-refractivity contribution is -0.205. The zero-order chi connectivity index (χ0) is 82.1. The summed E-state index contributed by atoms with van der Waals surface area (Å²) in [6.45, 7) is 21.5. The lowest BCUT2D eigenvalue weighted by Gasteiger charge is -2.38. The van der Waals surface area contributed by atoms with Crippen LogP contribution in [0.2, 0.25) is 0 Å². The second kappa shape index (κ2) is 43.4. The van der Waals surface area contributed by atoms with Crippen molar-refractivity contribution < 1.29 is 85.7 Å². The Morgan fingerprint density at radius 3 is 1.47 bits per heavy atom. The average molecular weight is 1540 g/mol. The molecule has 27 nitrogen and oxygen atoms in total. The molecular formula is C79H125F3N12O15. The second-order valence-electron chi connectivity index (χ2n) is 32.0. The highest BCUT2D eigenvalue weighted by molar-refractivity contribution is 6.00. The fraction of sp³-hybridized carbons (Fsp3) is 0.696. The Morgan fingerprint density at radius 2 is 0.982 bits per heavy atom. The van der Waals surface area contributed by atoms with E-state index in [2.05, 4.69) is 26.6 Å². The minimum Gasteiger partial charge on any atom is -0.391 e. The maximum absolute atomic E-state index is 15.7. The van der Waals surface area contributed by atoms with Gasteiger partial charge in [-0.3, -0.25) is 57.5 Å². The fourth-order valence-electron chi connectivity index (χ4n) is 13.3. The van der Waals surface area contributed by atoms with Crippen LogP contribution < -0.4 is 26.6 Å². The molecule has 2 aromatic carbocycles. The Hall–Kier alpha value is -8.25. The number of likely N-dealkylation sites (tertiary alicyclic amines) is 1. The molecule has 0 radical (unpaired) electrons. The molecule has 12 atom stereocenters. The number of nitrogens with zero attached hydrogens (tertiary/aromatic N) is 7. The average Bonchev–Trinajstić information content (AvgIpc) is 0.817. The van der Waals surface area contributed by atoms with Gasteiger partial charge < -0.3 is 75.8 Å². The van der Waals surface area contributed by atoms with Gasteiger partial charge in [-0.1, -0.05) is 129 Å². The van der Waals surface area contributed by atoms with Crippen LogP contribution in [-0.4, -0.2) is 268 Å². The van der Waals surface area contributed by atoms with Crippen molar-refractivity contribution in [2.75, 3.05) is 68.0 Å². The molecule has 109 heavy (non-hydrogen) atoms. The first kappa shape index (κ1) is 93.1. The first-order valence-electron chi connectivity index (χ1n) is 38.5. The van der Waals surface area contributed by atoms with Gasteiger partial charge in [-0.25, -0.2) is 0 Å². The predicted octanol–water partition coefficient (Wildman–Crippen LogP) is 5.16. The van der Waals surface area contributed by atoms with E-state index in [9.17, 15) is 42.6 Å². The highest BCUT2D eigenvalue weighted by Crippen LogP contribution is 2.27. The highest BCUT2D eigenvalue weighted by atomic mass is 19.4. The van der Waals surface area contributed by atoms with Crippen LogP contribution in [0.4, 0.5) is 13.2 Å². The van der Waals surface area contributed by atoms with Crippen LogP contribution in [-0.2, 0) is 75.1 Å². The number of alkyl halides is 3. The number of piperidine rings is 1. The number of unbranched alkanes of at least 4 members (excludes halogenated alkanes) is 1. The fourth-order valence-corrected chi connectivity index (χ4v) is 13.3. The van der Waals surface area contributed by atoms with Gasteiger partial charge in [0.05, 0.1) is 31.3 Å². The predicted molar refractivity (Wildman–Crippen MR) is 406 cm³/mol. The number of benzene rings is 2. The summed E-state index contributed by atoms with van der Waals surface area (Å²) >= 11 is 0. The van der Waals surface area contributed by atoms with Crippen LogP contribution in [0.25, 0.3) is 0 Å². The Bertz CT molecular complexity index is 3330. The Balaban J connectivity index is 2.06. The van der Waals surface area contributed by atoms with Gasteiger partial charge in [0.2, 0.25) is 70.9 Å². The summed E-state index contributed by atoms with van der Waals surface area (Å²) in [6.07, 6.45) is -9.93. The van der Waals surface area contributed by atoms with Gasteiger partial charge >= 0.3 is 6.18 Å². The lowest BCUT2D eigenvalue weighted by Crippen LogP contribution is -2.62. The third-order valence-corrected chi connectivity index (χ3v) is 19.9. The third kappa shape index (κ3) is 28.9. The van der Waals surface area contributed by atoms with E-state index in [4.69, 9.17) is 4.74 Å². The van der Waals surface area contributed by atoms with Crippen LogP contribution in [0.3, 0.4) is 0 Å². The molecule has 2 aliphatic heterocycles. The second-order valence-corrected chi connectivity index (χ2v) is 32.0. The van der Waals surface area contributed by atoms with Crippen molar-refractivity contribution in [3.05, 3.63) is 71.8 Å². The first-order valence-corrected chi connectivity index (χ1v) is 38.5. The zero-order valence-electron chi connectivity index (χ0n) is 67.4. The minimum absolute atomic E-state index is 0.00382. The minimum atomic E-state index is -5.07. The molecule has 1 unspecified atom stereocenters. The van der Waals surface area contributed by atoms with Crippen molar-refractivity contribution in [1.82, 2.24) is 60.9 Å². The number of aliphatic hydroxyl groups excluding tert-OH is 2. The number of carbonyl (C=O) groups is 12. The maximum Gasteiger partial charge on any atom is 0.414 e. The molecule has 2 saturated heterocycles. The third-order valence-electron chi connectivity index (χ3n) is 19.9. The topological polar surface area (TPSA) is 337 Å². The Kier molecular flexibility index (Phi) is 37.1. The molecule has 0 bridgehead atoms. The molecule has 0 spiro atoms. The van der Waals surface area contributed by atoms with Gasteiger partial charge in [-0.2, -0.15) is 13.2 Å². The van der Waals surface area contributed by atoms with E-state index in [1.54, 1.807) is 123 Å². The number of hydrogen-bond acceptors (Lipinski definition) is 15. The maximum atomic E-state index is 15.7. The number of carbonyl (C=O) groups excluding carboxylic acids is 12. The van der Waals surface area contributed by atoms with Gasteiger partial charge in [0.1, 0.15) is 66.5 Å². The van der Waals surface area contributed by atoms with Gasteiger partial charge in [0, 0.05) is 67.7 Å². The summed E-state index contributed by atoms with van der Waals surface area (Å²) in [4.78, 5) is 190. The molecule has 612 valence electrons. The number of amides is 12. The van der Waals surface area contributed by atoms with Crippen molar-refractivity contribution in [3.63, 3.8) is 0 Å². The van der Waals surface area contributed by atoms with E-state index in [1.807, 2.05) is 20.8 Å². The summed E-state index contributed by atoms with van der Waals surface area (Å²) in [7, 11) is 6.62. The van der Waals surface area contributed by atoms with E-state index in [0.717, 1.165) is 26.0 Å². The van der Waals surface area contributed by atoms with E-state index in [-0.39, 0.29) is 63.6 Å². The summed E-state index contributed by atoms with van der Waals surface area (Å²) < 4.78 is 47.9. The molecule has 12 amide bonds. The molecule has 4 rings (SSSR count). The van der Waals surface area contributed by atoms with E-state index in [1.165, 1.54) is 56.9 Å². The van der Waals surface area contributed by atoms with Gasteiger partial charge in [-0.05, 0) is 127 Å². The largest absolute Gasteiger partial charge is 0.414 e. The molecule has 0 saturated carbocycles. The standard InChI is InChI=1S/C79H125F3N12O15/c1-19-20-37-94-46-65(98)88(14)58(40-48(2)3)68(99)85-57(47-109-78(11,12)13)73(104)92(18)62(44-54-33-26-22-27-34-54)75(106)90(16)59(41-49(4)5)69(100)84-56(74(105)93-38-28-23-29-39-93)45-64(97)86-66(51(8)9)76(107)91(17)61(43-53-31-24-21-25-32-53)70(101)83-55(35-30-36-63(96)79(80,81)82)72(103)89(15)60(42-50(6)7)71(102)87-67(52(10)95)77(94)108/h21-22,24-27,31-34,48-52,55-63,66-67,95-96H,19-20,23,28-30,35-47H2,1-18H3,(H,83,101)(H,84,100)(H,85,99)(H,86,97)(H,87,102)/t52-,55+,56+,57+,58+,59+,60+,61+,62+,63?,66-,67+/m1/s1. The molecule has 2 heterocycles. The Labute approximate surface area is 642 Å². The highest BCUT2D eigenvalue weighted by Gasteiger charge is 2.45. The van der Waals surface area contributed by atoms with Crippen LogP contribution in [0.1, 0.15) is 178 Å². The smallest absolute Gasteiger partial charge is 0.391 e. The number of nitrogens with one attached hydrogen (secondary N) is 5.